The van der Waals surface area contributed by atoms with Gasteiger partial charge < -0.3 is 19.3 Å². The molecule has 0 aliphatic carbocycles. The average Bonchev–Trinajstić information content (AvgIpc) is 3.54. The number of hydrogen-bond donors (Lipinski definition) is 1. The lowest BCUT2D eigenvalue weighted by atomic mass is 9.94. The third-order valence-corrected chi connectivity index (χ3v) is 7.07. The molecule has 3 aromatic rings. The Kier molecular flexibility index (Phi) is 7.65. The van der Waals surface area contributed by atoms with E-state index in [1.54, 1.807) is 24.3 Å². The minimum Gasteiger partial charge on any atom is -0.503 e. The summed E-state index contributed by atoms with van der Waals surface area (Å²) in [5, 5.41) is 11.7. The number of rotatable bonds is 11. The molecular formula is C26H30N4O4S. The van der Waals surface area contributed by atoms with E-state index in [1.807, 2.05) is 42.0 Å². The molecule has 0 bridgehead atoms. The van der Waals surface area contributed by atoms with Gasteiger partial charge >= 0.3 is 0 Å². The number of para-hydroxylation sites is 1. The van der Waals surface area contributed by atoms with Crippen LogP contribution in [0.1, 0.15) is 58.2 Å². The number of unbranched alkanes of at least 4 members (excludes halogenated alkanes) is 1. The molecule has 1 aliphatic rings. The van der Waals surface area contributed by atoms with Crippen molar-refractivity contribution in [2.75, 3.05) is 13.2 Å². The number of aliphatic hydroxyl groups excluding tert-OH is 1. The van der Waals surface area contributed by atoms with Crippen LogP contribution in [0.4, 0.5) is 0 Å². The molecule has 0 saturated heterocycles. The minimum absolute atomic E-state index is 0.0796. The van der Waals surface area contributed by atoms with Crippen LogP contribution < -0.4 is 4.74 Å². The Morgan fingerprint density at radius 1 is 1.20 bits per heavy atom. The molecule has 1 aromatic carbocycles. The highest BCUT2D eigenvalue weighted by Gasteiger charge is 2.45. The van der Waals surface area contributed by atoms with E-state index >= 15 is 0 Å². The fourth-order valence-electron chi connectivity index (χ4n) is 4.31. The number of thiazole rings is 1. The summed E-state index contributed by atoms with van der Waals surface area (Å²) in [6, 6.07) is 6.68. The standard InChI is InChI=1S/C26H30N4O4S/c1-4-5-15-34-20-10-7-6-9-19(20)22-21(23(31)25-17(2)28-18(3)35-25)24(32)26(33)30(22)13-8-12-29-14-11-27-16-29/h6-7,9-11,14,16,22,32H,4-5,8,12-13,15H2,1-3H3. The van der Waals surface area contributed by atoms with Gasteiger partial charge in [-0.3, -0.25) is 9.59 Å². The second-order valence-electron chi connectivity index (χ2n) is 8.53. The van der Waals surface area contributed by atoms with Gasteiger partial charge in [-0.15, -0.1) is 11.3 Å². The highest BCUT2D eigenvalue weighted by molar-refractivity contribution is 7.14. The van der Waals surface area contributed by atoms with Crippen LogP contribution in [0.5, 0.6) is 5.75 Å². The fraction of sp³-hybridized carbons (Fsp3) is 0.385. The second-order valence-corrected chi connectivity index (χ2v) is 9.74. The summed E-state index contributed by atoms with van der Waals surface area (Å²) in [5.74, 6) is -0.817. The maximum atomic E-state index is 13.7. The summed E-state index contributed by atoms with van der Waals surface area (Å²) in [7, 11) is 0. The summed E-state index contributed by atoms with van der Waals surface area (Å²) < 4.78 is 7.99. The van der Waals surface area contributed by atoms with Crippen LogP contribution in [0.3, 0.4) is 0 Å². The van der Waals surface area contributed by atoms with E-state index in [4.69, 9.17) is 4.74 Å². The second kappa shape index (κ2) is 10.9. The number of hydrogen-bond acceptors (Lipinski definition) is 7. The first-order valence-electron chi connectivity index (χ1n) is 11.8. The predicted octanol–water partition coefficient (Wildman–Crippen LogP) is 4.80. The van der Waals surface area contributed by atoms with Crippen LogP contribution in [0, 0.1) is 13.8 Å². The van der Waals surface area contributed by atoms with E-state index in [9.17, 15) is 14.7 Å². The SMILES string of the molecule is CCCCOc1ccccc1C1C(C(=O)c2sc(C)nc2C)=C(O)C(=O)N1CCCn1ccnc1. The third kappa shape index (κ3) is 5.14. The van der Waals surface area contributed by atoms with Crippen LogP contribution in [-0.4, -0.2) is 49.4 Å². The van der Waals surface area contributed by atoms with Crippen molar-refractivity contribution in [3.8, 4) is 5.75 Å². The number of aliphatic hydroxyl groups is 1. The highest BCUT2D eigenvalue weighted by atomic mass is 32.1. The molecule has 2 aromatic heterocycles. The van der Waals surface area contributed by atoms with Gasteiger partial charge in [0.25, 0.3) is 5.91 Å². The summed E-state index contributed by atoms with van der Waals surface area (Å²) in [4.78, 5) is 37.4. The number of carbonyl (C=O) groups is 2. The largest absolute Gasteiger partial charge is 0.503 e. The Balaban J connectivity index is 1.72. The van der Waals surface area contributed by atoms with E-state index in [1.165, 1.54) is 11.3 Å². The number of aryl methyl sites for hydroxylation is 3. The minimum atomic E-state index is -0.752. The lowest BCUT2D eigenvalue weighted by Gasteiger charge is -2.28. The molecule has 9 heteroatoms. The molecule has 1 unspecified atom stereocenters. The summed E-state index contributed by atoms with van der Waals surface area (Å²) in [6.45, 7) is 7.23. The quantitative estimate of drug-likeness (QED) is 0.304. The molecule has 0 fully saturated rings. The predicted molar refractivity (Wildman–Crippen MR) is 134 cm³/mol. The first kappa shape index (κ1) is 24.7. The zero-order valence-electron chi connectivity index (χ0n) is 20.2. The first-order chi connectivity index (χ1) is 16.9. The molecule has 1 aliphatic heterocycles. The third-order valence-electron chi connectivity index (χ3n) is 6.00. The van der Waals surface area contributed by atoms with Crippen LogP contribution in [0.2, 0.25) is 0 Å². The molecule has 1 atom stereocenters. The zero-order valence-corrected chi connectivity index (χ0v) is 21.0. The van der Waals surface area contributed by atoms with Crippen molar-refractivity contribution in [3.05, 3.63) is 75.5 Å². The van der Waals surface area contributed by atoms with Gasteiger partial charge in [-0.1, -0.05) is 31.5 Å². The molecule has 0 spiro atoms. The molecule has 0 radical (unpaired) electrons. The molecule has 0 saturated carbocycles. The number of ether oxygens (including phenoxy) is 1. The van der Waals surface area contributed by atoms with Gasteiger partial charge in [0.1, 0.15) is 5.75 Å². The average molecular weight is 495 g/mol. The Morgan fingerprint density at radius 2 is 2.00 bits per heavy atom. The maximum absolute atomic E-state index is 13.7. The van der Waals surface area contributed by atoms with Crippen molar-refractivity contribution in [2.24, 2.45) is 0 Å². The van der Waals surface area contributed by atoms with Gasteiger partial charge in [-0.2, -0.15) is 0 Å². The zero-order chi connectivity index (χ0) is 24.9. The topological polar surface area (TPSA) is 97.5 Å². The molecule has 35 heavy (non-hydrogen) atoms. The normalized spacial score (nSPS) is 15.8. The number of amides is 1. The molecule has 4 rings (SSSR count). The Bertz CT molecular complexity index is 1230. The molecule has 184 valence electrons. The van der Waals surface area contributed by atoms with E-state index < -0.39 is 17.7 Å². The summed E-state index contributed by atoms with van der Waals surface area (Å²) >= 11 is 1.27. The highest BCUT2D eigenvalue weighted by Crippen LogP contribution is 2.43. The Labute approximate surface area is 208 Å². The van der Waals surface area contributed by atoms with Gasteiger partial charge in [-0.05, 0) is 32.8 Å². The number of benzene rings is 1. The number of carbonyl (C=O) groups excluding carboxylic acids is 2. The smallest absolute Gasteiger partial charge is 0.290 e. The summed E-state index contributed by atoms with van der Waals surface area (Å²) in [5.41, 5.74) is 1.36. The number of nitrogens with zero attached hydrogens (tertiary/aromatic N) is 4. The van der Waals surface area contributed by atoms with E-state index in [2.05, 4.69) is 16.9 Å². The molecular weight excluding hydrogens is 464 g/mol. The number of imidazole rings is 1. The van der Waals surface area contributed by atoms with Crippen LogP contribution in [0.25, 0.3) is 0 Å². The van der Waals surface area contributed by atoms with Crippen molar-refractivity contribution >= 4 is 23.0 Å². The van der Waals surface area contributed by atoms with Crippen molar-refractivity contribution in [2.45, 2.75) is 52.6 Å². The molecule has 1 N–H and O–H groups in total. The maximum Gasteiger partial charge on any atom is 0.290 e. The van der Waals surface area contributed by atoms with Gasteiger partial charge in [0.15, 0.2) is 5.76 Å². The van der Waals surface area contributed by atoms with Crippen molar-refractivity contribution < 1.29 is 19.4 Å². The molecule has 1 amide bonds. The molecule has 3 heterocycles. The number of aromatic nitrogens is 3. The van der Waals surface area contributed by atoms with Crippen LogP contribution in [-0.2, 0) is 11.3 Å². The van der Waals surface area contributed by atoms with Crippen molar-refractivity contribution in [3.63, 3.8) is 0 Å². The van der Waals surface area contributed by atoms with E-state index in [-0.39, 0.29) is 11.4 Å². The molecule has 8 nitrogen and oxygen atoms in total. The number of ketones is 1. The number of Topliss-reactive ketones (excluding diaryl/α,β-unsaturated/α-hetero) is 1. The van der Waals surface area contributed by atoms with Crippen LogP contribution >= 0.6 is 11.3 Å². The van der Waals surface area contributed by atoms with Gasteiger partial charge in [0, 0.05) is 31.0 Å². The Morgan fingerprint density at radius 3 is 2.69 bits per heavy atom. The lowest BCUT2D eigenvalue weighted by molar-refractivity contribution is -0.129. The van der Waals surface area contributed by atoms with E-state index in [0.717, 1.165) is 17.8 Å². The Hall–Kier alpha value is -3.46. The monoisotopic (exact) mass is 494 g/mol. The first-order valence-corrected chi connectivity index (χ1v) is 12.6. The fourth-order valence-corrected chi connectivity index (χ4v) is 5.18. The van der Waals surface area contributed by atoms with Crippen LogP contribution in [0.15, 0.2) is 54.3 Å². The lowest BCUT2D eigenvalue weighted by Crippen LogP contribution is -2.33. The van der Waals surface area contributed by atoms with Gasteiger partial charge in [0.2, 0.25) is 5.78 Å². The van der Waals surface area contributed by atoms with E-state index in [0.29, 0.717) is 48.0 Å². The van der Waals surface area contributed by atoms with Crippen molar-refractivity contribution in [1.29, 1.82) is 0 Å². The summed E-state index contributed by atoms with van der Waals surface area (Å²) in [6.07, 6.45) is 7.79. The van der Waals surface area contributed by atoms with Gasteiger partial charge in [-0.25, -0.2) is 9.97 Å². The van der Waals surface area contributed by atoms with Crippen molar-refractivity contribution in [1.82, 2.24) is 19.4 Å². The van der Waals surface area contributed by atoms with Gasteiger partial charge in [0.05, 0.1) is 40.1 Å².